The molecule has 2 amide bonds. The van der Waals surface area contributed by atoms with E-state index in [9.17, 15) is 19.8 Å². The molecule has 2 aromatic rings. The maximum absolute atomic E-state index is 13.6. The number of rotatable bonds is 3. The summed E-state index contributed by atoms with van der Waals surface area (Å²) in [4.78, 5) is 31.0. The Hall–Kier alpha value is -2.32. The van der Waals surface area contributed by atoms with E-state index in [1.807, 2.05) is 6.07 Å². The van der Waals surface area contributed by atoms with Gasteiger partial charge in [0.2, 0.25) is 0 Å². The zero-order valence-corrected chi connectivity index (χ0v) is 21.6. The minimum absolute atomic E-state index is 0.0309. The van der Waals surface area contributed by atoms with E-state index in [2.05, 4.69) is 4.90 Å². The van der Waals surface area contributed by atoms with Gasteiger partial charge in [0.25, 0.3) is 11.8 Å². The molecule has 2 aromatic carbocycles. The van der Waals surface area contributed by atoms with Crippen LogP contribution in [0.4, 0.5) is 0 Å². The first-order valence-corrected chi connectivity index (χ1v) is 13.9. The van der Waals surface area contributed by atoms with Gasteiger partial charge in [-0.2, -0.15) is 0 Å². The highest BCUT2D eigenvalue weighted by Crippen LogP contribution is 2.66. The molecular formula is C28H26Cl2N2O5. The number of aliphatic hydroxyl groups is 1. The molecule has 6 aliphatic rings. The summed E-state index contributed by atoms with van der Waals surface area (Å²) >= 11 is 12.4. The van der Waals surface area contributed by atoms with Gasteiger partial charge < -0.3 is 14.9 Å². The summed E-state index contributed by atoms with van der Waals surface area (Å²) in [6.07, 6.45) is 4.00. The molecule has 3 aliphatic carbocycles. The molecule has 0 radical (unpaired) electrons. The van der Waals surface area contributed by atoms with Crippen LogP contribution in [-0.4, -0.2) is 68.7 Å². The fourth-order valence-electron chi connectivity index (χ4n) is 8.27. The number of hydrogen-bond acceptors (Lipinski definition) is 6. The van der Waals surface area contributed by atoms with Gasteiger partial charge in [0, 0.05) is 18.2 Å². The number of benzene rings is 2. The van der Waals surface area contributed by atoms with Crippen molar-refractivity contribution in [3.05, 3.63) is 56.6 Å². The summed E-state index contributed by atoms with van der Waals surface area (Å²) in [6.45, 7) is 1.79. The summed E-state index contributed by atoms with van der Waals surface area (Å²) in [5.74, 6) is 0.271. The highest BCUT2D eigenvalue weighted by Gasteiger charge is 2.74. The van der Waals surface area contributed by atoms with Gasteiger partial charge in [-0.25, -0.2) is 0 Å². The van der Waals surface area contributed by atoms with Gasteiger partial charge in [-0.1, -0.05) is 29.3 Å². The number of piperidine rings is 1. The van der Waals surface area contributed by atoms with E-state index < -0.39 is 35.0 Å². The van der Waals surface area contributed by atoms with Crippen molar-refractivity contribution in [3.8, 4) is 11.5 Å². The Balaban J connectivity index is 1.26. The van der Waals surface area contributed by atoms with Crippen molar-refractivity contribution >= 4 is 35.0 Å². The van der Waals surface area contributed by atoms with Gasteiger partial charge in [-0.05, 0) is 74.8 Å². The number of aromatic hydroxyl groups is 1. The van der Waals surface area contributed by atoms with Crippen molar-refractivity contribution in [2.45, 2.75) is 67.7 Å². The molecule has 9 heteroatoms. The second-order valence-corrected chi connectivity index (χ2v) is 12.5. The Kier molecular flexibility index (Phi) is 4.41. The monoisotopic (exact) mass is 540 g/mol. The average Bonchev–Trinajstić information content (AvgIpc) is 3.56. The van der Waals surface area contributed by atoms with Crippen LogP contribution in [0.15, 0.2) is 24.3 Å². The standard InChI is InChI=1S/C28H26Cl2N2O5/c29-17-10-15-16(11-18(17)30)26(35)32(25(15)34)19-5-6-28(36)21-9-14-3-4-20(33)23-22(14)27(28,24(19)37-23)7-8-31(21)12-13-1-2-13/h3-4,10-11,13,19,21,24,33,36H,1-2,5-9,12H2/t19-,21-,24+,27+,28?/m1/s1. The summed E-state index contributed by atoms with van der Waals surface area (Å²) < 4.78 is 6.54. The average molecular weight is 541 g/mol. The van der Waals surface area contributed by atoms with E-state index in [-0.39, 0.29) is 33.0 Å². The summed E-state index contributed by atoms with van der Waals surface area (Å²) in [7, 11) is 0. The summed E-state index contributed by atoms with van der Waals surface area (Å²) in [6, 6.07) is 5.85. The zero-order chi connectivity index (χ0) is 25.4. The number of halogens is 2. The molecule has 192 valence electrons. The molecule has 1 saturated heterocycles. The predicted octanol–water partition coefficient (Wildman–Crippen LogP) is 3.93. The number of amides is 2. The Morgan fingerprint density at radius 3 is 2.41 bits per heavy atom. The van der Waals surface area contributed by atoms with E-state index in [4.69, 9.17) is 27.9 Å². The lowest BCUT2D eigenvalue weighted by molar-refractivity contribution is -0.196. The molecular weight excluding hydrogens is 515 g/mol. The van der Waals surface area contributed by atoms with E-state index in [0.717, 1.165) is 24.2 Å². The van der Waals surface area contributed by atoms with E-state index in [1.54, 1.807) is 6.07 Å². The van der Waals surface area contributed by atoms with Crippen LogP contribution in [0.2, 0.25) is 10.0 Å². The third-order valence-electron chi connectivity index (χ3n) is 10.0. The van der Waals surface area contributed by atoms with Crippen molar-refractivity contribution in [1.29, 1.82) is 0 Å². The Bertz CT molecular complexity index is 1380. The quantitative estimate of drug-likeness (QED) is 0.573. The summed E-state index contributed by atoms with van der Waals surface area (Å²) in [5, 5.41) is 23.9. The Labute approximate surface area is 223 Å². The van der Waals surface area contributed by atoms with Gasteiger partial charge in [0.15, 0.2) is 11.5 Å². The number of carbonyl (C=O) groups is 2. The number of ether oxygens (including phenoxy) is 1. The minimum Gasteiger partial charge on any atom is -0.504 e. The molecule has 2 bridgehead atoms. The second-order valence-electron chi connectivity index (χ2n) is 11.7. The lowest BCUT2D eigenvalue weighted by Gasteiger charge is -2.64. The van der Waals surface area contributed by atoms with Crippen LogP contribution in [0, 0.1) is 5.92 Å². The van der Waals surface area contributed by atoms with Gasteiger partial charge in [-0.15, -0.1) is 0 Å². The second kappa shape index (κ2) is 7.20. The van der Waals surface area contributed by atoms with Crippen molar-refractivity contribution in [1.82, 2.24) is 9.80 Å². The lowest BCUT2D eigenvalue weighted by atomic mass is 9.48. The van der Waals surface area contributed by atoms with Crippen molar-refractivity contribution in [2.24, 2.45) is 5.92 Å². The van der Waals surface area contributed by atoms with Crippen molar-refractivity contribution in [2.75, 3.05) is 13.1 Å². The highest BCUT2D eigenvalue weighted by atomic mass is 35.5. The van der Waals surface area contributed by atoms with Crippen LogP contribution in [0.5, 0.6) is 11.5 Å². The van der Waals surface area contributed by atoms with E-state index >= 15 is 0 Å². The fourth-order valence-corrected chi connectivity index (χ4v) is 8.60. The van der Waals surface area contributed by atoms with Crippen LogP contribution in [0.25, 0.3) is 0 Å². The van der Waals surface area contributed by atoms with Crippen LogP contribution in [0.3, 0.4) is 0 Å². The summed E-state index contributed by atoms with van der Waals surface area (Å²) in [5.41, 5.74) is 0.517. The molecule has 3 aliphatic heterocycles. The Morgan fingerprint density at radius 1 is 1.03 bits per heavy atom. The largest absolute Gasteiger partial charge is 0.504 e. The molecule has 1 unspecified atom stereocenters. The van der Waals surface area contributed by atoms with Gasteiger partial charge in [-0.3, -0.25) is 19.4 Å². The minimum atomic E-state index is -1.08. The number of carbonyl (C=O) groups excluding carboxylic acids is 2. The predicted molar refractivity (Wildman–Crippen MR) is 136 cm³/mol. The molecule has 8 rings (SSSR count). The van der Waals surface area contributed by atoms with Crippen molar-refractivity contribution in [3.63, 3.8) is 0 Å². The lowest BCUT2D eigenvalue weighted by Crippen LogP contribution is -2.78. The zero-order valence-electron chi connectivity index (χ0n) is 20.0. The first kappa shape index (κ1) is 22.6. The first-order chi connectivity index (χ1) is 17.7. The smallest absolute Gasteiger partial charge is 0.261 e. The van der Waals surface area contributed by atoms with Gasteiger partial charge >= 0.3 is 0 Å². The molecule has 3 fully saturated rings. The number of nitrogens with zero attached hydrogens (tertiary/aromatic N) is 2. The molecule has 0 aromatic heterocycles. The molecule has 2 saturated carbocycles. The number of phenolic OH excluding ortho intramolecular Hbond substituents is 1. The maximum atomic E-state index is 13.6. The van der Waals surface area contributed by atoms with Crippen LogP contribution in [0.1, 0.15) is 63.9 Å². The van der Waals surface area contributed by atoms with Crippen LogP contribution >= 0.6 is 23.2 Å². The third kappa shape index (κ3) is 2.66. The van der Waals surface area contributed by atoms with Crippen LogP contribution in [-0.2, 0) is 11.8 Å². The van der Waals surface area contributed by atoms with Gasteiger partial charge in [0.1, 0.15) is 6.10 Å². The number of likely N-dealkylation sites (tertiary alicyclic amines) is 1. The molecule has 2 N–H and O–H groups in total. The number of phenols is 1. The molecule has 5 atom stereocenters. The molecule has 1 spiro atoms. The molecule has 37 heavy (non-hydrogen) atoms. The number of hydrogen-bond donors (Lipinski definition) is 2. The normalized spacial score (nSPS) is 35.4. The fraction of sp³-hybridized carbons (Fsp3) is 0.500. The van der Waals surface area contributed by atoms with Gasteiger partial charge in [0.05, 0.1) is 38.2 Å². The van der Waals surface area contributed by atoms with Crippen molar-refractivity contribution < 1.29 is 24.5 Å². The van der Waals surface area contributed by atoms with E-state index in [1.165, 1.54) is 29.9 Å². The topological polar surface area (TPSA) is 90.3 Å². The number of fused-ring (bicyclic) bond motifs is 1. The SMILES string of the molecule is O=C1c2cc(Cl)c(Cl)cc2C(=O)N1[C@@H]1CCC2(O)[C@H]3Cc4ccc(O)c5c4[C@@]2(CCN3CC2CC2)[C@H]1O5. The maximum Gasteiger partial charge on any atom is 0.261 e. The highest BCUT2D eigenvalue weighted by molar-refractivity contribution is 6.43. The van der Waals surface area contributed by atoms with Crippen LogP contribution < -0.4 is 4.74 Å². The first-order valence-electron chi connectivity index (χ1n) is 13.1. The molecule has 7 nitrogen and oxygen atoms in total. The Morgan fingerprint density at radius 2 is 1.73 bits per heavy atom. The number of imide groups is 1. The third-order valence-corrected chi connectivity index (χ3v) is 10.7. The molecule has 3 heterocycles. The van der Waals surface area contributed by atoms with E-state index in [0.29, 0.717) is 37.4 Å².